The van der Waals surface area contributed by atoms with E-state index in [1.165, 1.54) is 0 Å². The summed E-state index contributed by atoms with van der Waals surface area (Å²) in [6.07, 6.45) is 0.406. The molecule has 104 valence electrons. The molecule has 0 aliphatic carbocycles. The molecule has 0 spiro atoms. The van der Waals surface area contributed by atoms with Crippen molar-refractivity contribution in [2.75, 3.05) is 12.3 Å². The number of carbonyl (C=O) groups excluding carboxylic acids is 2. The Bertz CT molecular complexity index is 409. The fraction of sp³-hybridized carbons (Fsp3) is 0.429. The maximum absolute atomic E-state index is 11.6. The molecule has 19 heavy (non-hydrogen) atoms. The summed E-state index contributed by atoms with van der Waals surface area (Å²) in [7, 11) is 0. The van der Waals surface area contributed by atoms with Crippen LogP contribution < -0.4 is 10.6 Å². The first-order valence-corrected chi connectivity index (χ1v) is 7.37. The van der Waals surface area contributed by atoms with Crippen molar-refractivity contribution in [1.29, 1.82) is 0 Å². The molecule has 5 heteroatoms. The van der Waals surface area contributed by atoms with E-state index in [4.69, 9.17) is 0 Å². The third-order valence-electron chi connectivity index (χ3n) is 2.46. The minimum Gasteiger partial charge on any atom is -0.355 e. The molecule has 1 atom stereocenters. The molecular weight excluding hydrogens is 260 g/mol. The van der Waals surface area contributed by atoms with Crippen LogP contribution in [0.5, 0.6) is 0 Å². The van der Waals surface area contributed by atoms with Crippen LogP contribution in [-0.2, 0) is 9.59 Å². The molecule has 0 saturated heterocycles. The summed E-state index contributed by atoms with van der Waals surface area (Å²) in [4.78, 5) is 24.2. The Balaban J connectivity index is 2.23. The van der Waals surface area contributed by atoms with E-state index in [-0.39, 0.29) is 11.8 Å². The van der Waals surface area contributed by atoms with Gasteiger partial charge in [-0.3, -0.25) is 9.59 Å². The predicted octanol–water partition coefficient (Wildman–Crippen LogP) is 1.81. The minimum atomic E-state index is -0.478. The zero-order valence-electron chi connectivity index (χ0n) is 11.3. The molecule has 1 aromatic rings. The number of hydrogen-bond donors (Lipinski definition) is 2. The fourth-order valence-corrected chi connectivity index (χ4v) is 2.36. The zero-order valence-corrected chi connectivity index (χ0v) is 12.1. The Kier molecular flexibility index (Phi) is 7.03. The van der Waals surface area contributed by atoms with E-state index in [1.807, 2.05) is 37.3 Å². The van der Waals surface area contributed by atoms with Crippen molar-refractivity contribution < 1.29 is 9.59 Å². The van der Waals surface area contributed by atoms with Crippen molar-refractivity contribution in [3.05, 3.63) is 30.3 Å². The number of hydrogen-bond acceptors (Lipinski definition) is 3. The molecule has 0 saturated carbocycles. The summed E-state index contributed by atoms with van der Waals surface area (Å²) >= 11 is 1.63. The van der Waals surface area contributed by atoms with E-state index in [1.54, 1.807) is 18.7 Å². The van der Waals surface area contributed by atoms with E-state index in [0.29, 0.717) is 18.7 Å². The van der Waals surface area contributed by atoms with Crippen molar-refractivity contribution in [2.24, 2.45) is 0 Å². The zero-order chi connectivity index (χ0) is 14.1. The summed E-state index contributed by atoms with van der Waals surface area (Å²) < 4.78 is 0. The van der Waals surface area contributed by atoms with Gasteiger partial charge in [0, 0.05) is 23.6 Å². The number of rotatable bonds is 7. The summed E-state index contributed by atoms with van der Waals surface area (Å²) in [5, 5.41) is 5.36. The summed E-state index contributed by atoms with van der Waals surface area (Å²) in [6.45, 7) is 4.11. The Morgan fingerprint density at radius 2 is 1.95 bits per heavy atom. The first-order chi connectivity index (χ1) is 9.13. The summed E-state index contributed by atoms with van der Waals surface area (Å²) in [5.74, 6) is 0.464. The Labute approximate surface area is 118 Å². The third-order valence-corrected chi connectivity index (χ3v) is 3.48. The van der Waals surface area contributed by atoms with Crippen LogP contribution in [-0.4, -0.2) is 30.2 Å². The lowest BCUT2D eigenvalue weighted by atomic mass is 10.3. The number of benzene rings is 1. The van der Waals surface area contributed by atoms with Crippen LogP contribution in [0.15, 0.2) is 35.2 Å². The number of amides is 2. The van der Waals surface area contributed by atoms with E-state index < -0.39 is 6.04 Å². The van der Waals surface area contributed by atoms with Gasteiger partial charge in [-0.25, -0.2) is 0 Å². The topological polar surface area (TPSA) is 58.2 Å². The lowest BCUT2D eigenvalue weighted by Crippen LogP contribution is -2.44. The lowest BCUT2D eigenvalue weighted by molar-refractivity contribution is -0.128. The van der Waals surface area contributed by atoms with Crippen LogP contribution in [0.4, 0.5) is 0 Å². The second-order valence-corrected chi connectivity index (χ2v) is 5.26. The van der Waals surface area contributed by atoms with Crippen molar-refractivity contribution >= 4 is 23.6 Å². The van der Waals surface area contributed by atoms with Gasteiger partial charge in [-0.05, 0) is 26.0 Å². The average molecular weight is 280 g/mol. The quantitative estimate of drug-likeness (QED) is 0.749. The Hall–Kier alpha value is -1.49. The van der Waals surface area contributed by atoms with Crippen molar-refractivity contribution in [2.45, 2.75) is 31.2 Å². The maximum atomic E-state index is 11.6. The van der Waals surface area contributed by atoms with Gasteiger partial charge in [-0.15, -0.1) is 11.8 Å². The number of likely N-dealkylation sites (N-methyl/N-ethyl adjacent to an activating group) is 1. The monoisotopic (exact) mass is 280 g/mol. The molecule has 1 aromatic carbocycles. The highest BCUT2D eigenvalue weighted by molar-refractivity contribution is 7.99. The fourth-order valence-electron chi connectivity index (χ4n) is 1.48. The predicted molar refractivity (Wildman–Crippen MR) is 78.1 cm³/mol. The largest absolute Gasteiger partial charge is 0.355 e. The van der Waals surface area contributed by atoms with Crippen LogP contribution in [0.2, 0.25) is 0 Å². The van der Waals surface area contributed by atoms with Gasteiger partial charge in [-0.2, -0.15) is 0 Å². The van der Waals surface area contributed by atoms with Crippen LogP contribution in [0, 0.1) is 0 Å². The average Bonchev–Trinajstić information content (AvgIpc) is 2.40. The second kappa shape index (κ2) is 8.58. The molecule has 0 aromatic heterocycles. The molecule has 4 nitrogen and oxygen atoms in total. The molecule has 0 fully saturated rings. The van der Waals surface area contributed by atoms with Crippen molar-refractivity contribution in [1.82, 2.24) is 10.6 Å². The molecule has 0 aliphatic heterocycles. The molecule has 2 N–H and O–H groups in total. The molecular formula is C14H20N2O2S. The van der Waals surface area contributed by atoms with E-state index in [9.17, 15) is 9.59 Å². The molecule has 0 radical (unpaired) electrons. The first-order valence-electron chi connectivity index (χ1n) is 6.38. The lowest BCUT2D eigenvalue weighted by Gasteiger charge is -2.13. The van der Waals surface area contributed by atoms with Crippen LogP contribution in [0.1, 0.15) is 20.3 Å². The SMILES string of the molecule is CCNC(=O)[C@H](C)NC(=O)CCSc1ccccc1. The normalized spacial score (nSPS) is 11.7. The number of nitrogens with one attached hydrogen (secondary N) is 2. The number of carbonyl (C=O) groups is 2. The minimum absolute atomic E-state index is 0.0952. The Morgan fingerprint density at radius 3 is 2.58 bits per heavy atom. The van der Waals surface area contributed by atoms with Gasteiger partial charge in [-0.1, -0.05) is 18.2 Å². The van der Waals surface area contributed by atoms with E-state index >= 15 is 0 Å². The van der Waals surface area contributed by atoms with Crippen molar-refractivity contribution in [3.8, 4) is 0 Å². The van der Waals surface area contributed by atoms with Crippen LogP contribution >= 0.6 is 11.8 Å². The molecule has 0 aliphatic rings. The van der Waals surface area contributed by atoms with Crippen LogP contribution in [0.25, 0.3) is 0 Å². The van der Waals surface area contributed by atoms with Crippen LogP contribution in [0.3, 0.4) is 0 Å². The highest BCUT2D eigenvalue weighted by Gasteiger charge is 2.14. The highest BCUT2D eigenvalue weighted by atomic mass is 32.2. The summed E-state index contributed by atoms with van der Waals surface area (Å²) in [6, 6.07) is 9.46. The van der Waals surface area contributed by atoms with Gasteiger partial charge < -0.3 is 10.6 Å². The molecule has 0 unspecified atom stereocenters. The van der Waals surface area contributed by atoms with E-state index in [2.05, 4.69) is 10.6 Å². The number of thioether (sulfide) groups is 1. The second-order valence-electron chi connectivity index (χ2n) is 4.10. The Morgan fingerprint density at radius 1 is 1.26 bits per heavy atom. The van der Waals surface area contributed by atoms with E-state index in [0.717, 1.165) is 4.90 Å². The molecule has 1 rings (SSSR count). The third kappa shape index (κ3) is 6.29. The van der Waals surface area contributed by atoms with Gasteiger partial charge in [0.1, 0.15) is 6.04 Å². The van der Waals surface area contributed by atoms with Gasteiger partial charge in [0.2, 0.25) is 11.8 Å². The molecule has 0 heterocycles. The first kappa shape index (κ1) is 15.6. The summed E-state index contributed by atoms with van der Waals surface area (Å²) in [5.41, 5.74) is 0. The highest BCUT2D eigenvalue weighted by Crippen LogP contribution is 2.17. The molecule has 0 bridgehead atoms. The van der Waals surface area contributed by atoms with Gasteiger partial charge in [0.25, 0.3) is 0 Å². The smallest absolute Gasteiger partial charge is 0.242 e. The molecule has 2 amide bonds. The van der Waals surface area contributed by atoms with Gasteiger partial charge in [0.05, 0.1) is 0 Å². The van der Waals surface area contributed by atoms with Gasteiger partial charge >= 0.3 is 0 Å². The van der Waals surface area contributed by atoms with Crippen molar-refractivity contribution in [3.63, 3.8) is 0 Å². The maximum Gasteiger partial charge on any atom is 0.242 e. The standard InChI is InChI=1S/C14H20N2O2S/c1-3-15-14(18)11(2)16-13(17)9-10-19-12-7-5-4-6-8-12/h4-8,11H,3,9-10H2,1-2H3,(H,15,18)(H,16,17)/t11-/m0/s1. The van der Waals surface area contributed by atoms with Gasteiger partial charge in [0.15, 0.2) is 0 Å².